The third kappa shape index (κ3) is 7.72. The van der Waals surface area contributed by atoms with Gasteiger partial charge in [0.25, 0.3) is 0 Å². The zero-order chi connectivity index (χ0) is 17.8. The standard InChI is InChI=1S/C22H32O2/c1-4-6-9-14-20(19-12-10-8-11-13-19)16-18(3)17-22(24)21(23)15-7-5-2/h4,8,10-13,18,20H,1,5-7,9,14-17H2,2-3H3. The summed E-state index contributed by atoms with van der Waals surface area (Å²) < 4.78 is 0. The normalized spacial score (nSPS) is 13.2. The first kappa shape index (κ1) is 20.3. The van der Waals surface area contributed by atoms with Crippen LogP contribution in [0.4, 0.5) is 0 Å². The van der Waals surface area contributed by atoms with Crippen LogP contribution in [-0.4, -0.2) is 11.6 Å². The lowest BCUT2D eigenvalue weighted by Crippen LogP contribution is -2.18. The Morgan fingerprint density at radius 3 is 2.46 bits per heavy atom. The Labute approximate surface area is 147 Å². The van der Waals surface area contributed by atoms with Crippen molar-refractivity contribution in [1.82, 2.24) is 0 Å². The van der Waals surface area contributed by atoms with E-state index in [0.29, 0.717) is 18.8 Å². The molecule has 2 atom stereocenters. The van der Waals surface area contributed by atoms with Gasteiger partial charge in [0, 0.05) is 12.8 Å². The van der Waals surface area contributed by atoms with E-state index in [1.165, 1.54) is 5.56 Å². The summed E-state index contributed by atoms with van der Waals surface area (Å²) in [5.74, 6) is 0.303. The number of Topliss-reactive ketones (excluding diaryl/α,β-unsaturated/α-hetero) is 2. The molecule has 1 rings (SSSR count). The second-order valence-electron chi connectivity index (χ2n) is 6.82. The molecule has 0 radical (unpaired) electrons. The summed E-state index contributed by atoms with van der Waals surface area (Å²) in [6.45, 7) is 7.92. The van der Waals surface area contributed by atoms with Crippen LogP contribution in [0.3, 0.4) is 0 Å². The first-order chi connectivity index (χ1) is 11.6. The zero-order valence-corrected chi connectivity index (χ0v) is 15.3. The molecule has 0 aliphatic heterocycles. The highest BCUT2D eigenvalue weighted by atomic mass is 16.2. The first-order valence-electron chi connectivity index (χ1n) is 9.30. The fourth-order valence-electron chi connectivity index (χ4n) is 3.13. The Morgan fingerprint density at radius 1 is 1.12 bits per heavy atom. The second kappa shape index (κ2) is 11.8. The minimum atomic E-state index is -0.188. The average Bonchev–Trinajstić information content (AvgIpc) is 2.59. The van der Waals surface area contributed by atoms with Crippen molar-refractivity contribution in [2.24, 2.45) is 5.92 Å². The highest BCUT2D eigenvalue weighted by Gasteiger charge is 2.20. The molecule has 2 unspecified atom stereocenters. The fourth-order valence-corrected chi connectivity index (χ4v) is 3.13. The third-order valence-corrected chi connectivity index (χ3v) is 4.52. The van der Waals surface area contributed by atoms with Gasteiger partial charge in [-0.15, -0.1) is 6.58 Å². The molecule has 0 fully saturated rings. The van der Waals surface area contributed by atoms with Crippen molar-refractivity contribution in [1.29, 1.82) is 0 Å². The van der Waals surface area contributed by atoms with E-state index in [1.807, 2.05) is 19.1 Å². The van der Waals surface area contributed by atoms with Crippen LogP contribution in [-0.2, 0) is 9.59 Å². The second-order valence-corrected chi connectivity index (χ2v) is 6.82. The van der Waals surface area contributed by atoms with E-state index in [-0.39, 0.29) is 17.5 Å². The van der Waals surface area contributed by atoms with E-state index in [1.54, 1.807) is 0 Å². The van der Waals surface area contributed by atoms with Gasteiger partial charge in [-0.2, -0.15) is 0 Å². The van der Waals surface area contributed by atoms with Gasteiger partial charge < -0.3 is 0 Å². The van der Waals surface area contributed by atoms with Crippen LogP contribution in [0.5, 0.6) is 0 Å². The number of hydrogen-bond donors (Lipinski definition) is 0. The van der Waals surface area contributed by atoms with Crippen LogP contribution < -0.4 is 0 Å². The van der Waals surface area contributed by atoms with Crippen molar-refractivity contribution in [3.63, 3.8) is 0 Å². The number of carbonyl (C=O) groups is 2. The largest absolute Gasteiger partial charge is 0.291 e. The molecule has 2 heteroatoms. The van der Waals surface area contributed by atoms with Gasteiger partial charge in [0.1, 0.15) is 0 Å². The predicted octanol–water partition coefficient (Wildman–Crippen LogP) is 5.87. The summed E-state index contributed by atoms with van der Waals surface area (Å²) in [4.78, 5) is 23.9. The molecular formula is C22H32O2. The number of unbranched alkanes of at least 4 members (excludes halogenated alkanes) is 2. The van der Waals surface area contributed by atoms with Gasteiger partial charge in [0.05, 0.1) is 0 Å². The molecule has 24 heavy (non-hydrogen) atoms. The van der Waals surface area contributed by atoms with Gasteiger partial charge in [-0.25, -0.2) is 0 Å². The van der Waals surface area contributed by atoms with Crippen LogP contribution in [0.2, 0.25) is 0 Å². The summed E-state index contributed by atoms with van der Waals surface area (Å²) >= 11 is 0. The summed E-state index contributed by atoms with van der Waals surface area (Å²) in [5.41, 5.74) is 1.33. The van der Waals surface area contributed by atoms with E-state index in [0.717, 1.165) is 38.5 Å². The van der Waals surface area contributed by atoms with Crippen molar-refractivity contribution < 1.29 is 9.59 Å². The van der Waals surface area contributed by atoms with E-state index in [9.17, 15) is 9.59 Å². The van der Waals surface area contributed by atoms with Crippen molar-refractivity contribution in [2.75, 3.05) is 0 Å². The van der Waals surface area contributed by atoms with Gasteiger partial charge in [-0.05, 0) is 49.5 Å². The maximum atomic E-state index is 12.1. The third-order valence-electron chi connectivity index (χ3n) is 4.52. The SMILES string of the molecule is C=CCCCC(CC(C)CC(=O)C(=O)CCCC)c1ccccc1. The zero-order valence-electron chi connectivity index (χ0n) is 15.3. The van der Waals surface area contributed by atoms with Gasteiger partial charge in [-0.1, -0.05) is 56.7 Å². The number of hydrogen-bond acceptors (Lipinski definition) is 2. The molecule has 1 aromatic carbocycles. The van der Waals surface area contributed by atoms with Crippen molar-refractivity contribution >= 4 is 11.6 Å². The number of rotatable bonds is 13. The summed E-state index contributed by atoms with van der Waals surface area (Å²) in [6.07, 6.45) is 8.69. The van der Waals surface area contributed by atoms with Crippen molar-refractivity contribution in [3.05, 3.63) is 48.6 Å². The Morgan fingerprint density at radius 2 is 1.83 bits per heavy atom. The monoisotopic (exact) mass is 328 g/mol. The lowest BCUT2D eigenvalue weighted by atomic mass is 9.83. The fraction of sp³-hybridized carbons (Fsp3) is 0.545. The maximum Gasteiger partial charge on any atom is 0.198 e. The minimum absolute atomic E-state index is 0.186. The summed E-state index contributed by atoms with van der Waals surface area (Å²) in [5, 5.41) is 0. The smallest absolute Gasteiger partial charge is 0.198 e. The quantitative estimate of drug-likeness (QED) is 0.258. The van der Waals surface area contributed by atoms with E-state index in [2.05, 4.69) is 37.8 Å². The Balaban J connectivity index is 2.59. The molecule has 0 N–H and O–H groups in total. The van der Waals surface area contributed by atoms with Crippen LogP contribution in [0, 0.1) is 5.92 Å². The highest BCUT2D eigenvalue weighted by molar-refractivity contribution is 6.37. The molecule has 0 bridgehead atoms. The molecular weight excluding hydrogens is 296 g/mol. The minimum Gasteiger partial charge on any atom is -0.291 e. The molecule has 2 nitrogen and oxygen atoms in total. The highest BCUT2D eigenvalue weighted by Crippen LogP contribution is 2.30. The summed E-state index contributed by atoms with van der Waals surface area (Å²) in [6, 6.07) is 10.5. The topological polar surface area (TPSA) is 34.1 Å². The molecule has 0 amide bonds. The molecule has 132 valence electrons. The van der Waals surface area contributed by atoms with Crippen molar-refractivity contribution in [3.8, 4) is 0 Å². The predicted molar refractivity (Wildman–Crippen MR) is 101 cm³/mol. The van der Waals surface area contributed by atoms with E-state index >= 15 is 0 Å². The van der Waals surface area contributed by atoms with Crippen LogP contribution >= 0.6 is 0 Å². The number of carbonyl (C=O) groups excluding carboxylic acids is 2. The number of ketones is 2. The van der Waals surface area contributed by atoms with Crippen LogP contribution in [0.25, 0.3) is 0 Å². The number of benzene rings is 1. The molecule has 0 aliphatic carbocycles. The Kier molecular flexibility index (Phi) is 9.98. The van der Waals surface area contributed by atoms with Crippen LogP contribution in [0.1, 0.15) is 76.7 Å². The Hall–Kier alpha value is -1.70. The molecule has 1 aromatic rings. The lowest BCUT2D eigenvalue weighted by molar-refractivity contribution is -0.137. The van der Waals surface area contributed by atoms with Crippen molar-refractivity contribution in [2.45, 2.75) is 71.1 Å². The molecule has 0 aromatic heterocycles. The average molecular weight is 328 g/mol. The molecule has 0 saturated carbocycles. The molecule has 0 heterocycles. The van der Waals surface area contributed by atoms with Gasteiger partial charge in [0.15, 0.2) is 11.6 Å². The number of allylic oxidation sites excluding steroid dienone is 1. The van der Waals surface area contributed by atoms with E-state index in [4.69, 9.17) is 0 Å². The van der Waals surface area contributed by atoms with Crippen LogP contribution in [0.15, 0.2) is 43.0 Å². The van der Waals surface area contributed by atoms with Gasteiger partial charge >= 0.3 is 0 Å². The van der Waals surface area contributed by atoms with E-state index < -0.39 is 0 Å². The molecule has 0 saturated heterocycles. The molecule has 0 aliphatic rings. The first-order valence-corrected chi connectivity index (χ1v) is 9.30. The maximum absolute atomic E-state index is 12.1. The van der Waals surface area contributed by atoms with Gasteiger partial charge in [0.2, 0.25) is 0 Å². The molecule has 0 spiro atoms. The summed E-state index contributed by atoms with van der Waals surface area (Å²) in [7, 11) is 0. The lowest BCUT2D eigenvalue weighted by Gasteiger charge is -2.21. The Bertz CT molecular complexity index is 504. The van der Waals surface area contributed by atoms with Gasteiger partial charge in [-0.3, -0.25) is 9.59 Å².